The van der Waals surface area contributed by atoms with Crippen molar-refractivity contribution in [3.8, 4) is 33.3 Å². The van der Waals surface area contributed by atoms with Crippen LogP contribution in [0.5, 0.6) is 11.6 Å². The minimum absolute atomic E-state index is 0.0719. The van der Waals surface area contributed by atoms with Crippen molar-refractivity contribution in [2.24, 2.45) is 11.8 Å². The molecule has 5 atom stereocenters. The fraction of sp³-hybridized carbons (Fsp3) is 0.474. The van der Waals surface area contributed by atoms with Gasteiger partial charge in [0.2, 0.25) is 11.8 Å². The minimum atomic E-state index is -0.806. The average molecular weight is 1020 g/mol. The number of nitrogens with one attached hydrogen (secondary N) is 2. The number of aliphatic hydroxyl groups is 1. The number of aromatic hydroxyl groups is 1. The van der Waals surface area contributed by atoms with Crippen molar-refractivity contribution in [1.29, 1.82) is 0 Å². The molecule has 2 aliphatic heterocycles. The molecule has 0 spiro atoms. The van der Waals surface area contributed by atoms with Crippen LogP contribution in [0.1, 0.15) is 135 Å². The maximum Gasteiger partial charge on any atom is 0.254 e. The maximum absolute atomic E-state index is 14.2. The predicted molar refractivity (Wildman–Crippen MR) is 282 cm³/mol. The number of thiazole rings is 1. The zero-order valence-electron chi connectivity index (χ0n) is 42.6. The van der Waals surface area contributed by atoms with Gasteiger partial charge in [0.25, 0.3) is 5.88 Å². The van der Waals surface area contributed by atoms with E-state index >= 15 is 0 Å². The van der Waals surface area contributed by atoms with Gasteiger partial charge in [-0.2, -0.15) is 0 Å². The van der Waals surface area contributed by atoms with Gasteiger partial charge in [-0.05, 0) is 141 Å². The number of phenolic OH excluding ortho intramolecular Hbond substituents is 1. The van der Waals surface area contributed by atoms with Crippen LogP contribution in [-0.2, 0) is 22.6 Å². The summed E-state index contributed by atoms with van der Waals surface area (Å²) in [5, 5.41) is 38.4. The Labute approximate surface area is 435 Å². The molecule has 2 unspecified atom stereocenters. The van der Waals surface area contributed by atoms with Gasteiger partial charge < -0.3 is 39.6 Å². The molecule has 7 heterocycles. The number of benzene rings is 2. The predicted octanol–water partition coefficient (Wildman–Crippen LogP) is 9.21. The first kappa shape index (κ1) is 49.6. The number of nitrogens with zero attached hydrogens (tertiary/aromatic N) is 8. The number of hydrogen-bond donors (Lipinski definition) is 4. The van der Waals surface area contributed by atoms with Crippen molar-refractivity contribution in [3.63, 3.8) is 0 Å². The Bertz CT molecular complexity index is 3080. The van der Waals surface area contributed by atoms with E-state index in [1.807, 2.05) is 74.8 Å². The number of rotatable bonds is 14. The zero-order valence-corrected chi connectivity index (χ0v) is 43.4. The van der Waals surface area contributed by atoms with Gasteiger partial charge in [0.05, 0.1) is 34.5 Å². The summed E-state index contributed by atoms with van der Waals surface area (Å²) in [5.41, 5.74) is 10.6. The normalized spacial score (nSPS) is 23.0. The summed E-state index contributed by atoms with van der Waals surface area (Å²) < 4.78 is 12.0. The number of aliphatic hydroxyl groups excluding tert-OH is 1. The van der Waals surface area contributed by atoms with E-state index in [9.17, 15) is 19.8 Å². The summed E-state index contributed by atoms with van der Waals surface area (Å²) >= 11 is 1.60. The molecule has 74 heavy (non-hydrogen) atoms. The van der Waals surface area contributed by atoms with Crippen LogP contribution in [0.25, 0.3) is 32.7 Å². The van der Waals surface area contributed by atoms with Gasteiger partial charge in [-0.15, -0.1) is 21.5 Å². The van der Waals surface area contributed by atoms with Gasteiger partial charge in [-0.1, -0.05) is 57.2 Å². The summed E-state index contributed by atoms with van der Waals surface area (Å²) in [6.07, 6.45) is 11.9. The molecule has 4 N–H and O–H groups in total. The van der Waals surface area contributed by atoms with E-state index in [0.717, 1.165) is 103 Å². The fourth-order valence-corrected chi connectivity index (χ4v) is 13.1. The van der Waals surface area contributed by atoms with E-state index in [1.165, 1.54) is 21.7 Å². The first-order valence-electron chi connectivity index (χ1n) is 26.5. The Morgan fingerprint density at radius 1 is 0.959 bits per heavy atom. The molecule has 5 aromatic heterocycles. The lowest BCUT2D eigenvalue weighted by molar-refractivity contribution is -0.141. The molecule has 386 valence electrons. The van der Waals surface area contributed by atoms with Crippen molar-refractivity contribution in [2.45, 2.75) is 134 Å². The molecular weight excluding hydrogens is 953 g/mol. The third-order valence-electron chi connectivity index (χ3n) is 16.5. The maximum atomic E-state index is 14.2. The first-order chi connectivity index (χ1) is 35.9. The van der Waals surface area contributed by atoms with Gasteiger partial charge in [0.1, 0.15) is 23.5 Å². The molecule has 11 rings (SSSR count). The second kappa shape index (κ2) is 21.4. The number of fused-ring (bicyclic) bond motifs is 3. The van der Waals surface area contributed by atoms with Gasteiger partial charge in [-0.3, -0.25) is 9.59 Å². The van der Waals surface area contributed by atoms with Crippen LogP contribution in [0.4, 0.5) is 0 Å². The van der Waals surface area contributed by atoms with E-state index < -0.39 is 18.1 Å². The molecule has 17 heteroatoms. The molecule has 0 radical (unpaired) electrons. The van der Waals surface area contributed by atoms with E-state index in [-0.39, 0.29) is 48.3 Å². The standard InChI is InChI=1S/C57H66N10O6S/c1-32(2)51(57(71)67-29-41(68)23-47(67)56(70)60-26-35-9-13-38(14-10-35)53-34(4)61-31-74-53)49-25-50(65-73-49)72-30-36-11-15-40(16-12-36)66-21-19-37(20-22-66)39-27-58-54(59-28-39)42-17-18-45-52(33(42)3)44-24-46(63-64-55(44)62-45)43-7-5-6-8-48(43)69/h5-10,13-14,24-25,27-28,31-33,36-37,40-42,47,51,68-69H,11-12,15-23,26,29-30H2,1-4H3,(H,60,70)(H,62,64)/t33-,36?,40?,41+,42?,47-,51?/m0/s1. The van der Waals surface area contributed by atoms with Gasteiger partial charge in [0, 0.05) is 66.6 Å². The highest BCUT2D eigenvalue weighted by Gasteiger charge is 2.43. The number of para-hydroxylation sites is 1. The monoisotopic (exact) mass is 1020 g/mol. The summed E-state index contributed by atoms with van der Waals surface area (Å²) in [6.45, 7) is 11.2. The number of carbonyl (C=O) groups excluding carboxylic acids is 2. The number of amides is 2. The second-order valence-electron chi connectivity index (χ2n) is 21.5. The van der Waals surface area contributed by atoms with Crippen molar-refractivity contribution in [1.82, 2.24) is 50.4 Å². The molecule has 2 amide bonds. The lowest BCUT2D eigenvalue weighted by Gasteiger charge is -2.40. The Balaban J connectivity index is 0.633. The number of carbonyl (C=O) groups is 2. The molecule has 7 aromatic rings. The van der Waals surface area contributed by atoms with Gasteiger partial charge in [0.15, 0.2) is 11.4 Å². The van der Waals surface area contributed by atoms with Crippen molar-refractivity contribution < 1.29 is 29.1 Å². The van der Waals surface area contributed by atoms with Crippen LogP contribution >= 0.6 is 11.3 Å². The number of ether oxygens (including phenoxy) is 1. The van der Waals surface area contributed by atoms with Crippen LogP contribution in [-0.4, -0.2) is 112 Å². The van der Waals surface area contributed by atoms with Crippen molar-refractivity contribution in [2.75, 3.05) is 26.2 Å². The number of aromatic amines is 1. The largest absolute Gasteiger partial charge is 0.507 e. The molecule has 4 aliphatic rings. The highest BCUT2D eigenvalue weighted by atomic mass is 32.1. The van der Waals surface area contributed by atoms with E-state index in [2.05, 4.69) is 54.9 Å². The highest BCUT2D eigenvalue weighted by Crippen LogP contribution is 2.45. The van der Waals surface area contributed by atoms with Crippen LogP contribution in [0, 0.1) is 18.8 Å². The number of aromatic nitrogens is 7. The summed E-state index contributed by atoms with van der Waals surface area (Å²) in [7, 11) is 0. The van der Waals surface area contributed by atoms with E-state index in [4.69, 9.17) is 19.2 Å². The van der Waals surface area contributed by atoms with E-state index in [0.29, 0.717) is 53.9 Å². The van der Waals surface area contributed by atoms with Gasteiger partial charge in [-0.25, -0.2) is 15.0 Å². The molecule has 1 saturated carbocycles. The third kappa shape index (κ3) is 10.2. The highest BCUT2D eigenvalue weighted by molar-refractivity contribution is 7.13. The molecule has 2 aromatic carbocycles. The number of likely N-dealkylation sites (tertiary alicyclic amines) is 2. The molecule has 3 fully saturated rings. The lowest BCUT2D eigenvalue weighted by atomic mass is 9.77. The fourth-order valence-electron chi connectivity index (χ4n) is 12.3. The molecule has 0 bridgehead atoms. The third-order valence-corrected chi connectivity index (χ3v) is 17.5. The smallest absolute Gasteiger partial charge is 0.254 e. The van der Waals surface area contributed by atoms with E-state index in [1.54, 1.807) is 23.5 Å². The topological polar surface area (TPSA) is 209 Å². The summed E-state index contributed by atoms with van der Waals surface area (Å²) in [4.78, 5) is 51.0. The SMILES string of the molecule is Cc1ncsc1-c1ccc(CNC(=O)[C@@H]2C[C@@H](O)CN2C(=O)C(c2cc(OCC3CCC(N4CCC(c5cnc(C6CCc7[nH]c8nnc(-c9ccccc9O)cc8c7[C@H]6C)nc5)CC4)CC3)no2)C(C)C)cc1. The number of aryl methyl sites for hydroxylation is 2. The molecule has 16 nitrogen and oxygen atoms in total. The van der Waals surface area contributed by atoms with Crippen LogP contribution in [0.2, 0.25) is 0 Å². The number of piperidine rings is 1. The van der Waals surface area contributed by atoms with Crippen LogP contribution < -0.4 is 10.1 Å². The summed E-state index contributed by atoms with van der Waals surface area (Å²) in [6, 6.07) is 18.8. The van der Waals surface area contributed by atoms with Crippen LogP contribution in [0.15, 0.2) is 83.1 Å². The molecule has 2 saturated heterocycles. The molecule has 2 aliphatic carbocycles. The average Bonchev–Trinajstić information content (AvgIpc) is 4.24. The summed E-state index contributed by atoms with van der Waals surface area (Å²) in [5.74, 6) is 1.65. The Morgan fingerprint density at radius 3 is 2.46 bits per heavy atom. The Morgan fingerprint density at radius 2 is 1.73 bits per heavy atom. The number of β-amino-alcohol motifs (C(OH)–C–C–N with tert-alkyl or cyclic N) is 1. The van der Waals surface area contributed by atoms with Gasteiger partial charge >= 0.3 is 0 Å². The first-order valence-corrected chi connectivity index (χ1v) is 27.4. The molecular formula is C57H66N10O6S. The Hall–Kier alpha value is -6.56. The number of phenols is 1. The van der Waals surface area contributed by atoms with Crippen molar-refractivity contribution in [3.05, 3.63) is 118 Å². The number of H-pyrrole nitrogens is 1. The zero-order chi connectivity index (χ0) is 51.0. The van der Waals surface area contributed by atoms with Crippen LogP contribution in [0.3, 0.4) is 0 Å². The quantitative estimate of drug-likeness (QED) is 0.0802. The second-order valence-corrected chi connectivity index (χ2v) is 22.4. The van der Waals surface area contributed by atoms with Crippen molar-refractivity contribution >= 4 is 34.2 Å². The number of hydrogen-bond acceptors (Lipinski definition) is 14. The Kier molecular flexibility index (Phi) is 14.3. The minimum Gasteiger partial charge on any atom is -0.507 e. The lowest BCUT2D eigenvalue weighted by Crippen LogP contribution is -2.48.